The van der Waals surface area contributed by atoms with Crippen molar-refractivity contribution in [1.29, 1.82) is 0 Å². The van der Waals surface area contributed by atoms with Crippen molar-refractivity contribution in [1.82, 2.24) is 5.32 Å². The molecule has 3 N–H and O–H groups in total. The number of benzene rings is 1. The first-order valence-corrected chi connectivity index (χ1v) is 5.68. The highest BCUT2D eigenvalue weighted by Gasteiger charge is 2.26. The van der Waals surface area contributed by atoms with Crippen LogP contribution < -0.4 is 11.1 Å². The van der Waals surface area contributed by atoms with E-state index in [0.29, 0.717) is 12.0 Å². The second-order valence-corrected chi connectivity index (χ2v) is 4.34. The van der Waals surface area contributed by atoms with Crippen LogP contribution in [0.25, 0.3) is 0 Å². The Kier molecular flexibility index (Phi) is 4.38. The fraction of sp³-hybridized carbons (Fsp3) is 0.417. The highest BCUT2D eigenvalue weighted by Crippen LogP contribution is 2.17. The van der Waals surface area contributed by atoms with Crippen LogP contribution in [0.5, 0.6) is 0 Å². The number of para-hydroxylation sites is 1. The third-order valence-electron chi connectivity index (χ3n) is 2.88. The number of nitrogens with two attached hydrogens (primary N) is 1. The van der Waals surface area contributed by atoms with Crippen molar-refractivity contribution in [2.75, 3.05) is 0 Å². The maximum atomic E-state index is 11.7. The van der Waals surface area contributed by atoms with Crippen molar-refractivity contribution in [3.63, 3.8) is 0 Å². The number of nitrogens with zero attached hydrogens (tertiary/aromatic N) is 1. The number of rotatable bonds is 5. The summed E-state index contributed by atoms with van der Waals surface area (Å²) in [6, 6.07) is 6.29. The molecule has 1 amide bonds. The standard InChI is InChI=1S/C12H17N3O3/c1-3-12(2,13)11(16)14-8-9-6-4-5-7-10(9)15(17)18/h4-7H,3,8,13H2,1-2H3,(H,14,16). The lowest BCUT2D eigenvalue weighted by Crippen LogP contribution is -2.50. The Hall–Kier alpha value is -1.95. The molecule has 0 aromatic heterocycles. The van der Waals surface area contributed by atoms with E-state index in [0.717, 1.165) is 0 Å². The van der Waals surface area contributed by atoms with E-state index in [1.54, 1.807) is 25.1 Å². The average molecular weight is 251 g/mol. The average Bonchev–Trinajstić information content (AvgIpc) is 2.36. The molecule has 98 valence electrons. The van der Waals surface area contributed by atoms with Gasteiger partial charge in [-0.15, -0.1) is 0 Å². The summed E-state index contributed by atoms with van der Waals surface area (Å²) in [5, 5.41) is 13.4. The highest BCUT2D eigenvalue weighted by molar-refractivity contribution is 5.85. The zero-order valence-electron chi connectivity index (χ0n) is 10.5. The zero-order valence-corrected chi connectivity index (χ0v) is 10.5. The lowest BCUT2D eigenvalue weighted by molar-refractivity contribution is -0.385. The van der Waals surface area contributed by atoms with Crippen molar-refractivity contribution >= 4 is 11.6 Å². The smallest absolute Gasteiger partial charge is 0.274 e. The molecule has 0 aliphatic rings. The maximum absolute atomic E-state index is 11.7. The molecule has 0 heterocycles. The summed E-state index contributed by atoms with van der Waals surface area (Å²) in [5.41, 5.74) is 5.28. The zero-order chi connectivity index (χ0) is 13.8. The van der Waals surface area contributed by atoms with Crippen molar-refractivity contribution in [2.45, 2.75) is 32.4 Å². The molecule has 0 radical (unpaired) electrons. The van der Waals surface area contributed by atoms with E-state index in [1.165, 1.54) is 6.07 Å². The van der Waals surface area contributed by atoms with E-state index < -0.39 is 10.5 Å². The van der Waals surface area contributed by atoms with Crippen LogP contribution in [0.3, 0.4) is 0 Å². The minimum Gasteiger partial charge on any atom is -0.350 e. The van der Waals surface area contributed by atoms with Crippen LogP contribution >= 0.6 is 0 Å². The maximum Gasteiger partial charge on any atom is 0.274 e. The predicted octanol–water partition coefficient (Wildman–Crippen LogP) is 1.34. The number of hydrogen-bond acceptors (Lipinski definition) is 4. The quantitative estimate of drug-likeness (QED) is 0.609. The van der Waals surface area contributed by atoms with Crippen molar-refractivity contribution < 1.29 is 9.72 Å². The van der Waals surface area contributed by atoms with E-state index >= 15 is 0 Å². The molecular formula is C12H17N3O3. The summed E-state index contributed by atoms with van der Waals surface area (Å²) in [4.78, 5) is 22.1. The SMILES string of the molecule is CCC(C)(N)C(=O)NCc1ccccc1[N+](=O)[O-]. The summed E-state index contributed by atoms with van der Waals surface area (Å²) in [6.45, 7) is 3.54. The Balaban J connectivity index is 2.76. The monoisotopic (exact) mass is 251 g/mol. The first-order valence-electron chi connectivity index (χ1n) is 5.68. The number of carbonyl (C=O) groups excluding carboxylic acids is 1. The minimum atomic E-state index is -0.955. The topological polar surface area (TPSA) is 98.3 Å². The molecule has 0 saturated heterocycles. The molecule has 0 bridgehead atoms. The third-order valence-corrected chi connectivity index (χ3v) is 2.88. The molecular weight excluding hydrogens is 234 g/mol. The molecule has 1 atom stereocenters. The van der Waals surface area contributed by atoms with E-state index in [9.17, 15) is 14.9 Å². The fourth-order valence-electron chi connectivity index (χ4n) is 1.38. The number of carbonyl (C=O) groups is 1. The Morgan fingerprint density at radius 3 is 2.67 bits per heavy atom. The van der Waals surface area contributed by atoms with Gasteiger partial charge in [-0.25, -0.2) is 0 Å². The molecule has 1 aromatic carbocycles. The molecule has 0 spiro atoms. The van der Waals surface area contributed by atoms with Gasteiger partial charge in [-0.3, -0.25) is 14.9 Å². The Bertz CT molecular complexity index is 458. The number of nitro benzene ring substituents is 1. The van der Waals surface area contributed by atoms with Crippen molar-refractivity contribution in [2.24, 2.45) is 5.73 Å². The second kappa shape index (κ2) is 5.59. The molecule has 1 aromatic rings. The lowest BCUT2D eigenvalue weighted by atomic mass is 9.99. The number of nitrogens with one attached hydrogen (secondary N) is 1. The van der Waals surface area contributed by atoms with Gasteiger partial charge in [-0.1, -0.05) is 25.1 Å². The normalized spacial score (nSPS) is 13.7. The van der Waals surface area contributed by atoms with E-state index in [2.05, 4.69) is 5.32 Å². The van der Waals surface area contributed by atoms with Crippen LogP contribution in [0.2, 0.25) is 0 Å². The van der Waals surface area contributed by atoms with Crippen molar-refractivity contribution in [3.05, 3.63) is 39.9 Å². The summed E-state index contributed by atoms with van der Waals surface area (Å²) < 4.78 is 0. The molecule has 0 saturated carbocycles. The Morgan fingerprint density at radius 2 is 2.11 bits per heavy atom. The Morgan fingerprint density at radius 1 is 1.50 bits per heavy atom. The third kappa shape index (κ3) is 3.27. The molecule has 0 fully saturated rings. The van der Waals surface area contributed by atoms with Gasteiger partial charge in [0.05, 0.1) is 10.5 Å². The van der Waals surface area contributed by atoms with Gasteiger partial charge in [0.1, 0.15) is 0 Å². The van der Waals surface area contributed by atoms with Gasteiger partial charge >= 0.3 is 0 Å². The van der Waals surface area contributed by atoms with Crippen LogP contribution in [0, 0.1) is 10.1 Å². The molecule has 6 nitrogen and oxygen atoms in total. The lowest BCUT2D eigenvalue weighted by Gasteiger charge is -2.21. The molecule has 1 unspecified atom stereocenters. The van der Waals surface area contributed by atoms with E-state index in [-0.39, 0.29) is 18.1 Å². The summed E-state index contributed by atoms with van der Waals surface area (Å²) in [7, 11) is 0. The number of hydrogen-bond donors (Lipinski definition) is 2. The van der Waals surface area contributed by atoms with Crippen LogP contribution in [0.4, 0.5) is 5.69 Å². The summed E-state index contributed by atoms with van der Waals surface area (Å²) in [6.07, 6.45) is 0.496. The van der Waals surface area contributed by atoms with Crippen LogP contribution in [0.1, 0.15) is 25.8 Å². The van der Waals surface area contributed by atoms with Crippen LogP contribution in [0.15, 0.2) is 24.3 Å². The molecule has 1 rings (SSSR count). The van der Waals surface area contributed by atoms with Gasteiger partial charge in [-0.05, 0) is 13.3 Å². The van der Waals surface area contributed by atoms with Gasteiger partial charge in [0, 0.05) is 18.2 Å². The Labute approximate surface area is 105 Å². The van der Waals surface area contributed by atoms with Gasteiger partial charge in [-0.2, -0.15) is 0 Å². The first kappa shape index (κ1) is 14.1. The predicted molar refractivity (Wildman–Crippen MR) is 67.8 cm³/mol. The molecule has 0 aliphatic heterocycles. The van der Waals surface area contributed by atoms with Gasteiger partial charge in [0.25, 0.3) is 5.69 Å². The molecule has 0 aliphatic carbocycles. The summed E-state index contributed by atoms with van der Waals surface area (Å²) in [5.74, 6) is -0.317. The van der Waals surface area contributed by atoms with E-state index in [1.807, 2.05) is 6.92 Å². The van der Waals surface area contributed by atoms with Gasteiger partial charge < -0.3 is 11.1 Å². The largest absolute Gasteiger partial charge is 0.350 e. The highest BCUT2D eigenvalue weighted by atomic mass is 16.6. The number of nitro groups is 1. The second-order valence-electron chi connectivity index (χ2n) is 4.34. The first-order chi connectivity index (χ1) is 8.38. The van der Waals surface area contributed by atoms with Crippen molar-refractivity contribution in [3.8, 4) is 0 Å². The number of amides is 1. The molecule has 18 heavy (non-hydrogen) atoms. The van der Waals surface area contributed by atoms with E-state index in [4.69, 9.17) is 5.73 Å². The fourth-order valence-corrected chi connectivity index (χ4v) is 1.38. The van der Waals surface area contributed by atoms with Gasteiger partial charge in [0.15, 0.2) is 0 Å². The van der Waals surface area contributed by atoms with Crippen LogP contribution in [-0.4, -0.2) is 16.4 Å². The van der Waals surface area contributed by atoms with Crippen LogP contribution in [-0.2, 0) is 11.3 Å². The van der Waals surface area contributed by atoms with Gasteiger partial charge in [0.2, 0.25) is 5.91 Å². The molecule has 6 heteroatoms. The summed E-state index contributed by atoms with van der Waals surface area (Å²) >= 11 is 0. The minimum absolute atomic E-state index is 0.00646.